The second-order valence-corrected chi connectivity index (χ2v) is 2.93. The van der Waals surface area contributed by atoms with Gasteiger partial charge in [0.15, 0.2) is 5.82 Å². The van der Waals surface area contributed by atoms with Crippen molar-refractivity contribution < 1.29 is 0 Å². The van der Waals surface area contributed by atoms with E-state index < -0.39 is 0 Å². The molecular weight excluding hydrogens is 206 g/mol. The monoisotopic (exact) mass is 211 g/mol. The van der Waals surface area contributed by atoms with Crippen LogP contribution in [0.15, 0.2) is 24.3 Å². The van der Waals surface area contributed by atoms with Gasteiger partial charge in [-0.2, -0.15) is 3.71 Å². The highest BCUT2D eigenvalue weighted by molar-refractivity contribution is 9.08. The zero-order chi connectivity index (χ0) is 7.84. The molecule has 0 spiro atoms. The Morgan fingerprint density at radius 2 is 2.09 bits per heavy atom. The Balaban J connectivity index is 2.95. The van der Waals surface area contributed by atoms with E-state index in [4.69, 9.17) is 5.73 Å². The minimum Gasteiger partial charge on any atom is -0.382 e. The standard InChI is InChI=1S/C7H6BrN3/c8-11-6-4-2-1-3-5(6)7(9)10-11/h1-4H,(H2,9,10). The van der Waals surface area contributed by atoms with Gasteiger partial charge in [0.1, 0.15) is 0 Å². The van der Waals surface area contributed by atoms with Crippen molar-refractivity contribution in [3.05, 3.63) is 24.3 Å². The largest absolute Gasteiger partial charge is 0.382 e. The van der Waals surface area contributed by atoms with Crippen LogP contribution in [-0.2, 0) is 0 Å². The lowest BCUT2D eigenvalue weighted by atomic mass is 10.2. The van der Waals surface area contributed by atoms with Crippen molar-refractivity contribution in [1.29, 1.82) is 0 Å². The SMILES string of the molecule is Nc1nn(Br)c2ccccc12. The van der Waals surface area contributed by atoms with Crippen molar-refractivity contribution in [2.24, 2.45) is 0 Å². The predicted octanol–water partition coefficient (Wildman–Crippen LogP) is 1.78. The maximum absolute atomic E-state index is 5.62. The van der Waals surface area contributed by atoms with Crippen LogP contribution in [0.4, 0.5) is 5.82 Å². The molecule has 1 aromatic carbocycles. The van der Waals surface area contributed by atoms with Crippen LogP contribution in [0.1, 0.15) is 0 Å². The van der Waals surface area contributed by atoms with Crippen LogP contribution in [0.25, 0.3) is 10.9 Å². The molecule has 56 valence electrons. The van der Waals surface area contributed by atoms with E-state index in [2.05, 4.69) is 21.2 Å². The van der Waals surface area contributed by atoms with Crippen molar-refractivity contribution in [3.8, 4) is 0 Å². The number of benzene rings is 1. The van der Waals surface area contributed by atoms with Gasteiger partial charge in [-0.3, -0.25) is 0 Å². The fourth-order valence-electron chi connectivity index (χ4n) is 1.05. The number of halogens is 1. The summed E-state index contributed by atoms with van der Waals surface area (Å²) in [7, 11) is 0. The molecule has 4 heteroatoms. The van der Waals surface area contributed by atoms with Gasteiger partial charge in [-0.15, -0.1) is 5.10 Å². The number of hydrogen-bond donors (Lipinski definition) is 1. The van der Waals surface area contributed by atoms with E-state index in [-0.39, 0.29) is 0 Å². The fourth-order valence-corrected chi connectivity index (χ4v) is 1.53. The van der Waals surface area contributed by atoms with Crippen LogP contribution in [0, 0.1) is 0 Å². The van der Waals surface area contributed by atoms with Gasteiger partial charge in [-0.25, -0.2) is 0 Å². The van der Waals surface area contributed by atoms with Crippen molar-refractivity contribution in [3.63, 3.8) is 0 Å². The third-order valence-corrected chi connectivity index (χ3v) is 2.11. The molecule has 0 unspecified atom stereocenters. The number of nitrogen functional groups attached to an aromatic ring is 1. The molecular formula is C7H6BrN3. The number of nitrogens with zero attached hydrogens (tertiary/aromatic N) is 2. The van der Waals surface area contributed by atoms with Gasteiger partial charge in [0.05, 0.1) is 21.7 Å². The summed E-state index contributed by atoms with van der Waals surface area (Å²) in [4.78, 5) is 0. The van der Waals surface area contributed by atoms with E-state index in [1.807, 2.05) is 24.3 Å². The van der Waals surface area contributed by atoms with E-state index in [9.17, 15) is 0 Å². The predicted molar refractivity (Wildman–Crippen MR) is 48.5 cm³/mol. The van der Waals surface area contributed by atoms with Crippen LogP contribution in [-0.4, -0.2) is 8.81 Å². The molecule has 1 heterocycles. The zero-order valence-corrected chi connectivity index (χ0v) is 7.25. The van der Waals surface area contributed by atoms with Crippen molar-refractivity contribution in [1.82, 2.24) is 8.81 Å². The number of anilines is 1. The first-order valence-corrected chi connectivity index (χ1v) is 3.89. The Hall–Kier alpha value is -1.03. The van der Waals surface area contributed by atoms with E-state index in [0.717, 1.165) is 10.9 Å². The van der Waals surface area contributed by atoms with Gasteiger partial charge in [0.2, 0.25) is 0 Å². The third-order valence-electron chi connectivity index (χ3n) is 1.57. The van der Waals surface area contributed by atoms with Gasteiger partial charge >= 0.3 is 0 Å². The Kier molecular flexibility index (Phi) is 1.35. The molecule has 0 amide bonds. The van der Waals surface area contributed by atoms with E-state index >= 15 is 0 Å². The molecule has 0 fully saturated rings. The number of nitrogens with two attached hydrogens (primary N) is 1. The Bertz CT molecular complexity index is 357. The molecule has 2 aromatic rings. The first kappa shape index (κ1) is 6.67. The van der Waals surface area contributed by atoms with Gasteiger partial charge in [0.25, 0.3) is 0 Å². The number of fused-ring (bicyclic) bond motifs is 1. The van der Waals surface area contributed by atoms with Crippen molar-refractivity contribution in [2.45, 2.75) is 0 Å². The van der Waals surface area contributed by atoms with Crippen LogP contribution >= 0.6 is 16.1 Å². The molecule has 3 nitrogen and oxygen atoms in total. The van der Waals surface area contributed by atoms with E-state index in [1.165, 1.54) is 0 Å². The average molecular weight is 212 g/mol. The molecule has 0 atom stereocenters. The highest BCUT2D eigenvalue weighted by Gasteiger charge is 2.03. The Morgan fingerprint density at radius 3 is 2.82 bits per heavy atom. The molecule has 0 aliphatic rings. The second kappa shape index (κ2) is 2.23. The summed E-state index contributed by atoms with van der Waals surface area (Å²) < 4.78 is 1.59. The minimum absolute atomic E-state index is 0.553. The lowest BCUT2D eigenvalue weighted by Crippen LogP contribution is -1.85. The maximum atomic E-state index is 5.62. The van der Waals surface area contributed by atoms with Gasteiger partial charge in [0, 0.05) is 5.39 Å². The quantitative estimate of drug-likeness (QED) is 0.723. The van der Waals surface area contributed by atoms with E-state index in [1.54, 1.807) is 3.71 Å². The lowest BCUT2D eigenvalue weighted by molar-refractivity contribution is 1.07. The highest BCUT2D eigenvalue weighted by atomic mass is 79.9. The normalized spacial score (nSPS) is 10.6. The smallest absolute Gasteiger partial charge is 0.154 e. The number of rotatable bonds is 0. The van der Waals surface area contributed by atoms with Crippen LogP contribution in [0.3, 0.4) is 0 Å². The summed E-state index contributed by atoms with van der Waals surface area (Å²) in [6.07, 6.45) is 0. The minimum atomic E-state index is 0.553. The molecule has 0 aliphatic heterocycles. The summed E-state index contributed by atoms with van der Waals surface area (Å²) >= 11 is 3.24. The molecule has 2 N–H and O–H groups in total. The van der Waals surface area contributed by atoms with Gasteiger partial charge in [-0.05, 0) is 12.1 Å². The molecule has 0 aliphatic carbocycles. The molecule has 0 saturated heterocycles. The molecule has 0 radical (unpaired) electrons. The summed E-state index contributed by atoms with van der Waals surface area (Å²) in [5.41, 5.74) is 6.61. The summed E-state index contributed by atoms with van der Waals surface area (Å²) in [6, 6.07) is 7.78. The zero-order valence-electron chi connectivity index (χ0n) is 5.66. The molecule has 0 bridgehead atoms. The Labute approximate surface area is 72.1 Å². The topological polar surface area (TPSA) is 43.8 Å². The third kappa shape index (κ3) is 0.903. The van der Waals surface area contributed by atoms with Gasteiger partial charge in [-0.1, -0.05) is 12.1 Å². The van der Waals surface area contributed by atoms with Crippen molar-refractivity contribution in [2.75, 3.05) is 5.73 Å². The molecule has 2 rings (SSSR count). The summed E-state index contributed by atoms with van der Waals surface area (Å²) in [5.74, 6) is 0.553. The summed E-state index contributed by atoms with van der Waals surface area (Å²) in [6.45, 7) is 0. The first-order chi connectivity index (χ1) is 5.29. The second-order valence-electron chi connectivity index (χ2n) is 2.26. The van der Waals surface area contributed by atoms with Crippen LogP contribution in [0.2, 0.25) is 0 Å². The van der Waals surface area contributed by atoms with Crippen LogP contribution in [0.5, 0.6) is 0 Å². The number of aromatic nitrogens is 2. The van der Waals surface area contributed by atoms with Crippen molar-refractivity contribution >= 4 is 32.9 Å². The number of para-hydroxylation sites is 1. The highest BCUT2D eigenvalue weighted by Crippen LogP contribution is 2.20. The molecule has 11 heavy (non-hydrogen) atoms. The van der Waals surface area contributed by atoms with Gasteiger partial charge < -0.3 is 5.73 Å². The van der Waals surface area contributed by atoms with E-state index in [0.29, 0.717) is 5.82 Å². The fraction of sp³-hybridized carbons (Fsp3) is 0. The first-order valence-electron chi connectivity index (χ1n) is 3.18. The number of hydrogen-bond acceptors (Lipinski definition) is 2. The maximum Gasteiger partial charge on any atom is 0.154 e. The summed E-state index contributed by atoms with van der Waals surface area (Å²) in [5, 5.41) is 4.98. The molecule has 0 saturated carbocycles. The molecule has 1 aromatic heterocycles. The Morgan fingerprint density at radius 1 is 1.36 bits per heavy atom. The lowest BCUT2D eigenvalue weighted by Gasteiger charge is -1.87. The van der Waals surface area contributed by atoms with Crippen LogP contribution < -0.4 is 5.73 Å². The average Bonchev–Trinajstić information content (AvgIpc) is 2.30.